The lowest BCUT2D eigenvalue weighted by atomic mass is 9.87. The molecule has 10 heteroatoms. The summed E-state index contributed by atoms with van der Waals surface area (Å²) < 4.78 is 5.62. The van der Waals surface area contributed by atoms with Gasteiger partial charge in [0.2, 0.25) is 11.7 Å². The van der Waals surface area contributed by atoms with Crippen molar-refractivity contribution in [3.63, 3.8) is 0 Å². The molecule has 7 rings (SSSR count). The third-order valence-electron chi connectivity index (χ3n) is 10.1. The Morgan fingerprint density at radius 2 is 1.97 bits per heavy atom. The first-order valence-corrected chi connectivity index (χ1v) is 15.2. The van der Waals surface area contributed by atoms with Crippen molar-refractivity contribution < 1.29 is 9.21 Å². The Kier molecular flexibility index (Phi) is 6.58. The molecule has 0 spiro atoms. The topological polar surface area (TPSA) is 109 Å². The first kappa shape index (κ1) is 24.6. The van der Waals surface area contributed by atoms with E-state index in [1.165, 1.54) is 38.5 Å². The summed E-state index contributed by atoms with van der Waals surface area (Å²) in [5, 5.41) is 22.3. The van der Waals surface area contributed by atoms with Crippen LogP contribution < -0.4 is 21.4 Å². The minimum atomic E-state index is 0.0832. The standard InChI is InChI=1S/C27H38BrN7O2/c28-25-20-11-18(12-29)37-24(20)14-30-26(25)32-15-3-5-16(6-4-15)35-17-7-8-22(35)19(10-17)27(36)33-21-13-31-34-9-1-2-23(21)34/h11,15-17,19,21-23,25-26,30-32H,1-10,13-14H2,(H,33,36). The first-order valence-electron chi connectivity index (χ1n) is 14.3. The van der Waals surface area contributed by atoms with Crippen molar-refractivity contribution in [2.45, 2.75) is 112 Å². The van der Waals surface area contributed by atoms with Crippen LogP contribution in [0.25, 0.3) is 0 Å². The number of furan rings is 1. The molecule has 6 aliphatic rings. The van der Waals surface area contributed by atoms with Gasteiger partial charge in [-0.15, -0.1) is 0 Å². The van der Waals surface area contributed by atoms with Crippen LogP contribution in [0.4, 0.5) is 0 Å². The van der Waals surface area contributed by atoms with E-state index in [0.717, 1.165) is 43.7 Å². The summed E-state index contributed by atoms with van der Waals surface area (Å²) in [7, 11) is 0. The predicted octanol–water partition coefficient (Wildman–Crippen LogP) is 2.24. The Morgan fingerprint density at radius 3 is 2.81 bits per heavy atom. The van der Waals surface area contributed by atoms with Crippen LogP contribution in [0.15, 0.2) is 10.5 Å². The quantitative estimate of drug-likeness (QED) is 0.398. The molecule has 1 amide bonds. The largest absolute Gasteiger partial charge is 0.449 e. The zero-order valence-electron chi connectivity index (χ0n) is 21.3. The molecule has 1 aromatic rings. The van der Waals surface area contributed by atoms with Gasteiger partial charge in [-0.05, 0) is 63.9 Å². The van der Waals surface area contributed by atoms with Crippen LogP contribution in [-0.2, 0) is 11.3 Å². The van der Waals surface area contributed by atoms with E-state index in [1.54, 1.807) is 0 Å². The number of hydrazine groups is 1. The highest BCUT2D eigenvalue weighted by atomic mass is 79.9. The minimum absolute atomic E-state index is 0.0832. The van der Waals surface area contributed by atoms with Gasteiger partial charge in [0, 0.05) is 48.9 Å². The molecule has 200 valence electrons. The molecule has 7 atom stereocenters. The zero-order valence-corrected chi connectivity index (χ0v) is 22.9. The molecule has 0 radical (unpaired) electrons. The van der Waals surface area contributed by atoms with Gasteiger partial charge in [0.05, 0.1) is 29.5 Å². The van der Waals surface area contributed by atoms with Crippen molar-refractivity contribution in [3.8, 4) is 6.07 Å². The summed E-state index contributed by atoms with van der Waals surface area (Å²) in [4.78, 5) is 16.2. The second kappa shape index (κ2) is 9.92. The number of nitrogens with zero attached hydrogens (tertiary/aromatic N) is 3. The number of alkyl halides is 1. The number of hydrogen-bond acceptors (Lipinski definition) is 8. The van der Waals surface area contributed by atoms with E-state index < -0.39 is 0 Å². The molecule has 4 saturated heterocycles. The van der Waals surface area contributed by atoms with Crippen molar-refractivity contribution in [3.05, 3.63) is 23.2 Å². The highest BCUT2D eigenvalue weighted by Gasteiger charge is 2.52. The molecule has 6 heterocycles. The molecular weight excluding hydrogens is 534 g/mol. The van der Waals surface area contributed by atoms with Crippen LogP contribution in [0, 0.1) is 17.2 Å². The molecule has 1 aromatic heterocycles. The van der Waals surface area contributed by atoms with Crippen LogP contribution in [0.1, 0.15) is 79.7 Å². The van der Waals surface area contributed by atoms with Crippen LogP contribution in [-0.4, -0.2) is 71.3 Å². The van der Waals surface area contributed by atoms with Crippen molar-refractivity contribution >= 4 is 21.8 Å². The van der Waals surface area contributed by atoms with Gasteiger partial charge in [-0.1, -0.05) is 15.9 Å². The Morgan fingerprint density at radius 1 is 1.14 bits per heavy atom. The lowest BCUT2D eigenvalue weighted by Gasteiger charge is -2.40. The van der Waals surface area contributed by atoms with Gasteiger partial charge in [0.25, 0.3) is 0 Å². The molecule has 37 heavy (non-hydrogen) atoms. The van der Waals surface area contributed by atoms with Gasteiger partial charge >= 0.3 is 0 Å². The van der Waals surface area contributed by atoms with Crippen LogP contribution in [0.3, 0.4) is 0 Å². The maximum Gasteiger partial charge on any atom is 0.225 e. The SMILES string of the molecule is N#Cc1cc2c(o1)CNC(NC1CCC(N3C4CCC3C(C(=O)NC3CNN5CCCC35)C4)CC1)C2Br. The molecule has 0 aromatic carbocycles. The number of rotatable bonds is 5. The lowest BCUT2D eigenvalue weighted by Crippen LogP contribution is -2.53. The molecule has 1 aliphatic carbocycles. The summed E-state index contributed by atoms with van der Waals surface area (Å²) in [5.74, 6) is 1.70. The fourth-order valence-electron chi connectivity index (χ4n) is 8.37. The van der Waals surface area contributed by atoms with Crippen LogP contribution >= 0.6 is 15.9 Å². The zero-order chi connectivity index (χ0) is 25.1. The van der Waals surface area contributed by atoms with E-state index in [1.807, 2.05) is 6.07 Å². The van der Waals surface area contributed by atoms with E-state index in [9.17, 15) is 10.1 Å². The normalized spacial score (nSPS) is 41.5. The number of carbonyl (C=O) groups is 1. The Bertz CT molecular complexity index is 1070. The number of fused-ring (bicyclic) bond motifs is 4. The second-order valence-corrected chi connectivity index (χ2v) is 13.0. The monoisotopic (exact) mass is 571 g/mol. The summed E-state index contributed by atoms with van der Waals surface area (Å²) in [6.07, 6.45) is 10.7. The number of amides is 1. The number of nitrogens with one attached hydrogen (secondary N) is 4. The van der Waals surface area contributed by atoms with Crippen molar-refractivity contribution in [2.24, 2.45) is 5.92 Å². The first-order chi connectivity index (χ1) is 18.1. The second-order valence-electron chi connectivity index (χ2n) is 12.0. The maximum atomic E-state index is 13.4. The summed E-state index contributed by atoms with van der Waals surface area (Å²) in [5.41, 5.74) is 4.56. The van der Waals surface area contributed by atoms with Gasteiger partial charge in [0.15, 0.2) is 0 Å². The number of halogens is 1. The van der Waals surface area contributed by atoms with E-state index in [4.69, 9.17) is 4.42 Å². The molecule has 2 bridgehead atoms. The number of carbonyl (C=O) groups excluding carboxylic acids is 1. The fraction of sp³-hybridized carbons (Fsp3) is 0.778. The molecule has 7 unspecified atom stereocenters. The van der Waals surface area contributed by atoms with Crippen molar-refractivity contribution in [2.75, 3.05) is 13.1 Å². The fourth-order valence-corrected chi connectivity index (χ4v) is 9.10. The van der Waals surface area contributed by atoms with E-state index in [-0.39, 0.29) is 23.0 Å². The molecule has 4 N–H and O–H groups in total. The van der Waals surface area contributed by atoms with Gasteiger partial charge < -0.3 is 9.73 Å². The highest BCUT2D eigenvalue weighted by Crippen LogP contribution is 2.46. The molecule has 5 aliphatic heterocycles. The Hall–Kier alpha value is -1.48. The smallest absolute Gasteiger partial charge is 0.225 e. The van der Waals surface area contributed by atoms with Crippen LogP contribution in [0.5, 0.6) is 0 Å². The Labute approximate surface area is 227 Å². The van der Waals surface area contributed by atoms with Gasteiger partial charge in [-0.25, -0.2) is 5.01 Å². The molecule has 5 fully saturated rings. The van der Waals surface area contributed by atoms with Crippen molar-refractivity contribution in [1.82, 2.24) is 31.3 Å². The van der Waals surface area contributed by atoms with E-state index >= 15 is 0 Å². The van der Waals surface area contributed by atoms with Crippen molar-refractivity contribution in [1.29, 1.82) is 5.26 Å². The molecule has 9 nitrogen and oxygen atoms in total. The maximum absolute atomic E-state index is 13.4. The number of hydrogen-bond donors (Lipinski definition) is 4. The molecule has 1 saturated carbocycles. The predicted molar refractivity (Wildman–Crippen MR) is 141 cm³/mol. The summed E-state index contributed by atoms with van der Waals surface area (Å²) in [6.45, 7) is 2.63. The third-order valence-corrected chi connectivity index (χ3v) is 11.1. The average molecular weight is 573 g/mol. The summed E-state index contributed by atoms with van der Waals surface area (Å²) >= 11 is 3.83. The average Bonchev–Trinajstić information content (AvgIpc) is 3.73. The van der Waals surface area contributed by atoms with E-state index in [2.05, 4.69) is 53.3 Å². The highest BCUT2D eigenvalue weighted by molar-refractivity contribution is 9.09. The third kappa shape index (κ3) is 4.36. The Balaban J connectivity index is 0.926. The van der Waals surface area contributed by atoms with Crippen LogP contribution in [0.2, 0.25) is 0 Å². The minimum Gasteiger partial charge on any atom is -0.449 e. The summed E-state index contributed by atoms with van der Waals surface area (Å²) in [6, 6.07) is 6.80. The van der Waals surface area contributed by atoms with E-state index in [0.29, 0.717) is 48.4 Å². The van der Waals surface area contributed by atoms with Gasteiger partial charge in [0.1, 0.15) is 11.8 Å². The van der Waals surface area contributed by atoms with Gasteiger partial charge in [-0.3, -0.25) is 25.8 Å². The molecular formula is C27H38BrN7O2. The lowest BCUT2D eigenvalue weighted by molar-refractivity contribution is -0.126. The number of nitriles is 1. The van der Waals surface area contributed by atoms with Gasteiger partial charge in [-0.2, -0.15) is 5.26 Å².